The zero-order chi connectivity index (χ0) is 7.68. The van der Waals surface area contributed by atoms with Gasteiger partial charge in [0.15, 0.2) is 0 Å². The molecule has 1 aromatic rings. The predicted octanol–water partition coefficient (Wildman–Crippen LogP) is 1.10. The second-order valence-electron chi connectivity index (χ2n) is 2.31. The molecule has 0 radical (unpaired) electrons. The van der Waals surface area contributed by atoms with Gasteiger partial charge in [0.2, 0.25) is 0 Å². The number of aliphatic imine (C=N–C) groups is 1. The summed E-state index contributed by atoms with van der Waals surface area (Å²) in [4.78, 5) is 12.0. The van der Waals surface area contributed by atoms with E-state index in [9.17, 15) is 0 Å². The van der Waals surface area contributed by atoms with Crippen LogP contribution in [0, 0.1) is 0 Å². The summed E-state index contributed by atoms with van der Waals surface area (Å²) in [6, 6.07) is 0. The Labute approximate surface area is 69.2 Å². The van der Waals surface area contributed by atoms with Crippen LogP contribution in [0.4, 0.5) is 0 Å². The minimum Gasteiger partial charge on any atom is -0.292 e. The Balaban J connectivity index is 2.60. The number of nitrogens with zero attached hydrogens (tertiary/aromatic N) is 3. The molecule has 2 heterocycles. The molecule has 0 spiro atoms. The number of rotatable bonds is 0. The number of halogens is 1. The molecular weight excluding hydrogens is 162 g/mol. The number of fused-ring (bicyclic) bond motifs is 1. The SMILES string of the molecule is Clc1ncnc2c1C=NCC2. The summed E-state index contributed by atoms with van der Waals surface area (Å²) < 4.78 is 0. The second-order valence-corrected chi connectivity index (χ2v) is 2.67. The molecule has 0 aliphatic carbocycles. The highest BCUT2D eigenvalue weighted by molar-refractivity contribution is 6.32. The van der Waals surface area contributed by atoms with Crippen molar-refractivity contribution in [1.82, 2.24) is 9.97 Å². The first-order valence-electron chi connectivity index (χ1n) is 3.37. The van der Waals surface area contributed by atoms with Crippen LogP contribution in [0.5, 0.6) is 0 Å². The molecule has 2 rings (SSSR count). The molecule has 0 unspecified atom stereocenters. The highest BCUT2D eigenvalue weighted by atomic mass is 35.5. The summed E-state index contributed by atoms with van der Waals surface area (Å²) in [7, 11) is 0. The number of hydrogen-bond acceptors (Lipinski definition) is 3. The van der Waals surface area contributed by atoms with Crippen LogP contribution in [0.15, 0.2) is 11.3 Å². The normalized spacial score (nSPS) is 14.6. The van der Waals surface area contributed by atoms with Crippen molar-refractivity contribution in [2.24, 2.45) is 4.99 Å². The fourth-order valence-corrected chi connectivity index (χ4v) is 1.26. The standard InChI is InChI=1S/C7H6ClN3/c8-7-5-3-9-2-1-6(5)10-4-11-7/h3-4H,1-2H2. The van der Waals surface area contributed by atoms with E-state index in [1.165, 1.54) is 6.33 Å². The zero-order valence-electron chi connectivity index (χ0n) is 5.79. The Bertz CT molecular complexity index is 309. The van der Waals surface area contributed by atoms with Gasteiger partial charge in [-0.3, -0.25) is 4.99 Å². The summed E-state index contributed by atoms with van der Waals surface area (Å²) >= 11 is 5.80. The lowest BCUT2D eigenvalue weighted by molar-refractivity contribution is 0.891. The van der Waals surface area contributed by atoms with Crippen LogP contribution >= 0.6 is 11.6 Å². The van der Waals surface area contributed by atoms with Gasteiger partial charge in [0.25, 0.3) is 0 Å². The van der Waals surface area contributed by atoms with E-state index in [2.05, 4.69) is 15.0 Å². The van der Waals surface area contributed by atoms with Crippen molar-refractivity contribution in [2.45, 2.75) is 6.42 Å². The molecule has 1 aliphatic heterocycles. The molecule has 0 saturated heterocycles. The van der Waals surface area contributed by atoms with E-state index < -0.39 is 0 Å². The lowest BCUT2D eigenvalue weighted by atomic mass is 10.1. The molecule has 0 atom stereocenters. The molecule has 0 amide bonds. The lowest BCUT2D eigenvalue weighted by Crippen LogP contribution is -2.06. The summed E-state index contributed by atoms with van der Waals surface area (Å²) in [5.74, 6) is 0. The van der Waals surface area contributed by atoms with Gasteiger partial charge in [0.05, 0.1) is 11.3 Å². The van der Waals surface area contributed by atoms with Gasteiger partial charge in [-0.2, -0.15) is 0 Å². The quantitative estimate of drug-likeness (QED) is 0.543. The average Bonchev–Trinajstić information content (AvgIpc) is 2.06. The van der Waals surface area contributed by atoms with Crippen molar-refractivity contribution in [3.63, 3.8) is 0 Å². The van der Waals surface area contributed by atoms with Crippen LogP contribution in [0.25, 0.3) is 0 Å². The summed E-state index contributed by atoms with van der Waals surface area (Å²) in [6.45, 7) is 0.806. The van der Waals surface area contributed by atoms with E-state index in [1.54, 1.807) is 6.21 Å². The van der Waals surface area contributed by atoms with Gasteiger partial charge in [-0.1, -0.05) is 11.6 Å². The van der Waals surface area contributed by atoms with Crippen molar-refractivity contribution in [3.05, 3.63) is 22.7 Å². The van der Waals surface area contributed by atoms with E-state index in [1.807, 2.05) is 0 Å². The third kappa shape index (κ3) is 1.12. The average molecular weight is 168 g/mol. The third-order valence-corrected chi connectivity index (χ3v) is 1.92. The molecule has 3 nitrogen and oxygen atoms in total. The first-order chi connectivity index (χ1) is 5.38. The van der Waals surface area contributed by atoms with E-state index in [-0.39, 0.29) is 0 Å². The largest absolute Gasteiger partial charge is 0.292 e. The highest BCUT2D eigenvalue weighted by Gasteiger charge is 2.09. The Morgan fingerprint density at radius 1 is 1.36 bits per heavy atom. The van der Waals surface area contributed by atoms with E-state index >= 15 is 0 Å². The monoisotopic (exact) mass is 167 g/mol. The molecule has 0 bridgehead atoms. The Morgan fingerprint density at radius 2 is 2.27 bits per heavy atom. The summed E-state index contributed by atoms with van der Waals surface area (Å²) in [6.07, 6.45) is 4.09. The third-order valence-electron chi connectivity index (χ3n) is 1.62. The molecule has 1 aromatic heterocycles. The first-order valence-corrected chi connectivity index (χ1v) is 3.75. The van der Waals surface area contributed by atoms with Crippen molar-refractivity contribution >= 4 is 17.8 Å². The molecule has 0 fully saturated rings. The van der Waals surface area contributed by atoms with Crippen LogP contribution in [0.3, 0.4) is 0 Å². The molecular formula is C7H6ClN3. The fourth-order valence-electron chi connectivity index (χ4n) is 1.06. The topological polar surface area (TPSA) is 38.1 Å². The molecule has 4 heteroatoms. The minimum atomic E-state index is 0.499. The van der Waals surface area contributed by atoms with Crippen molar-refractivity contribution in [3.8, 4) is 0 Å². The van der Waals surface area contributed by atoms with Crippen LogP contribution < -0.4 is 0 Å². The van der Waals surface area contributed by atoms with Gasteiger partial charge in [0.1, 0.15) is 11.5 Å². The van der Waals surface area contributed by atoms with Gasteiger partial charge < -0.3 is 0 Å². The van der Waals surface area contributed by atoms with Gasteiger partial charge in [-0.15, -0.1) is 0 Å². The molecule has 0 aromatic carbocycles. The van der Waals surface area contributed by atoms with Gasteiger partial charge in [-0.05, 0) is 0 Å². The fraction of sp³-hybridized carbons (Fsp3) is 0.286. The predicted molar refractivity (Wildman–Crippen MR) is 43.2 cm³/mol. The smallest absolute Gasteiger partial charge is 0.141 e. The zero-order valence-corrected chi connectivity index (χ0v) is 6.54. The lowest BCUT2D eigenvalue weighted by Gasteiger charge is -2.07. The maximum Gasteiger partial charge on any atom is 0.141 e. The summed E-state index contributed by atoms with van der Waals surface area (Å²) in [5.41, 5.74) is 1.88. The summed E-state index contributed by atoms with van der Waals surface area (Å²) in [5, 5.41) is 0.499. The maximum absolute atomic E-state index is 5.80. The number of hydrogen-bond donors (Lipinski definition) is 0. The van der Waals surface area contributed by atoms with Gasteiger partial charge in [-0.25, -0.2) is 9.97 Å². The molecule has 0 N–H and O–H groups in total. The maximum atomic E-state index is 5.80. The van der Waals surface area contributed by atoms with Gasteiger partial charge in [0, 0.05) is 19.2 Å². The van der Waals surface area contributed by atoms with Crippen LogP contribution in [-0.2, 0) is 6.42 Å². The molecule has 11 heavy (non-hydrogen) atoms. The van der Waals surface area contributed by atoms with Crippen LogP contribution in [-0.4, -0.2) is 22.7 Å². The Morgan fingerprint density at radius 3 is 3.09 bits per heavy atom. The number of aromatic nitrogens is 2. The first kappa shape index (κ1) is 6.73. The molecule has 1 aliphatic rings. The second kappa shape index (κ2) is 2.58. The van der Waals surface area contributed by atoms with E-state index in [0.717, 1.165) is 24.2 Å². The molecule has 0 saturated carbocycles. The molecule has 56 valence electrons. The van der Waals surface area contributed by atoms with Crippen molar-refractivity contribution in [1.29, 1.82) is 0 Å². The van der Waals surface area contributed by atoms with Crippen molar-refractivity contribution in [2.75, 3.05) is 6.54 Å². The Hall–Kier alpha value is -0.960. The minimum absolute atomic E-state index is 0.499. The Kier molecular flexibility index (Phi) is 1.58. The van der Waals surface area contributed by atoms with Crippen LogP contribution in [0.2, 0.25) is 5.15 Å². The van der Waals surface area contributed by atoms with E-state index in [0.29, 0.717) is 5.15 Å². The van der Waals surface area contributed by atoms with Crippen molar-refractivity contribution < 1.29 is 0 Å². The van der Waals surface area contributed by atoms with Crippen LogP contribution in [0.1, 0.15) is 11.3 Å². The van der Waals surface area contributed by atoms with Gasteiger partial charge >= 0.3 is 0 Å². The van der Waals surface area contributed by atoms with E-state index in [4.69, 9.17) is 11.6 Å². The highest BCUT2D eigenvalue weighted by Crippen LogP contribution is 2.15.